The van der Waals surface area contributed by atoms with Gasteiger partial charge in [0, 0.05) is 80.8 Å². The summed E-state index contributed by atoms with van der Waals surface area (Å²) in [4.78, 5) is 130. The molecule has 0 aliphatic carbocycles. The highest BCUT2D eigenvalue weighted by Crippen LogP contribution is 2.34. The number of benzene rings is 4. The highest BCUT2D eigenvalue weighted by atomic mass is 16.6. The number of amides is 3. The number of esters is 7. The Hall–Kier alpha value is -8.46. The van der Waals surface area contributed by atoms with Crippen LogP contribution in [0.4, 0.5) is 0 Å². The summed E-state index contributed by atoms with van der Waals surface area (Å²) in [6, 6.07) is 20.9. The van der Waals surface area contributed by atoms with Crippen LogP contribution < -0.4 is 39.1 Å². The van der Waals surface area contributed by atoms with E-state index in [9.17, 15) is 47.9 Å². The second-order valence-corrected chi connectivity index (χ2v) is 14.7. The molecule has 2 N–H and O–H groups in total. The number of carbonyl (C=O) groups is 10. The molecule has 0 saturated heterocycles. The molecule has 0 saturated carbocycles. The Morgan fingerprint density at radius 2 is 0.826 bits per heavy atom. The van der Waals surface area contributed by atoms with Gasteiger partial charge in [-0.3, -0.25) is 52.8 Å². The first-order valence-electron chi connectivity index (χ1n) is 21.1. The first kappa shape index (κ1) is 53.2. The molecule has 4 aromatic rings. The standard InChI is InChI=1S/C48H50N4O17/c1-29(53)64-39-18-10-15-36(43(39)67-32(4)56)46(60)49-21-23-51(24-22-50-47(61)37-16-11-19-40(65-30(2)54)44(37)68-33(5)57)25-26-52(27-42(59)63-28-35-13-8-7-9-14-35)48(62)38-17-12-20-41(66-31(3)55)45(38)69-34(6)58/h7-20H,21-28H2,1-6H3,(H,49,60)(H,50,61). The van der Waals surface area contributed by atoms with Gasteiger partial charge in [0.15, 0.2) is 34.5 Å². The first-order valence-corrected chi connectivity index (χ1v) is 21.1. The van der Waals surface area contributed by atoms with Gasteiger partial charge in [-0.05, 0) is 42.0 Å². The average Bonchev–Trinajstić information content (AvgIpc) is 3.27. The van der Waals surface area contributed by atoms with E-state index in [0.29, 0.717) is 5.56 Å². The lowest BCUT2D eigenvalue weighted by molar-refractivity contribution is -0.146. The van der Waals surface area contributed by atoms with E-state index in [1.807, 2.05) is 0 Å². The van der Waals surface area contributed by atoms with Gasteiger partial charge in [0.1, 0.15) is 13.2 Å². The zero-order chi connectivity index (χ0) is 50.6. The molecular formula is C48H50N4O17. The third-order valence-electron chi connectivity index (χ3n) is 9.12. The topological polar surface area (TPSA) is 266 Å². The summed E-state index contributed by atoms with van der Waals surface area (Å²) in [6.07, 6.45) is 0. The van der Waals surface area contributed by atoms with Crippen molar-refractivity contribution in [1.82, 2.24) is 20.4 Å². The first-order chi connectivity index (χ1) is 32.8. The molecule has 0 spiro atoms. The molecule has 4 aromatic carbocycles. The number of para-hydroxylation sites is 3. The summed E-state index contributed by atoms with van der Waals surface area (Å²) in [5.41, 5.74) is 0.131. The lowest BCUT2D eigenvalue weighted by atomic mass is 10.1. The summed E-state index contributed by atoms with van der Waals surface area (Å²) >= 11 is 0. The van der Waals surface area contributed by atoms with E-state index in [1.54, 1.807) is 35.2 Å². The number of nitrogens with zero attached hydrogens (tertiary/aromatic N) is 2. The average molecular weight is 955 g/mol. The maximum absolute atomic E-state index is 14.5. The highest BCUT2D eigenvalue weighted by Gasteiger charge is 2.28. The second-order valence-electron chi connectivity index (χ2n) is 14.7. The number of carbonyl (C=O) groups excluding carboxylic acids is 10. The number of hydrogen-bond acceptors (Lipinski definition) is 18. The van der Waals surface area contributed by atoms with E-state index in [4.69, 9.17) is 33.2 Å². The molecule has 0 aliphatic heterocycles. The second kappa shape index (κ2) is 26.0. The molecule has 0 radical (unpaired) electrons. The zero-order valence-corrected chi connectivity index (χ0v) is 38.6. The van der Waals surface area contributed by atoms with Gasteiger partial charge in [0.25, 0.3) is 17.7 Å². The number of hydrogen-bond donors (Lipinski definition) is 2. The molecule has 0 fully saturated rings. The fourth-order valence-electron chi connectivity index (χ4n) is 6.33. The third kappa shape index (κ3) is 17.0. The van der Waals surface area contributed by atoms with Crippen molar-refractivity contribution in [2.75, 3.05) is 45.8 Å². The highest BCUT2D eigenvalue weighted by molar-refractivity contribution is 6.01. The van der Waals surface area contributed by atoms with Crippen molar-refractivity contribution in [2.24, 2.45) is 0 Å². The van der Waals surface area contributed by atoms with Gasteiger partial charge >= 0.3 is 41.8 Å². The van der Waals surface area contributed by atoms with Crippen LogP contribution in [0.15, 0.2) is 84.9 Å². The normalized spacial score (nSPS) is 10.5. The van der Waals surface area contributed by atoms with Crippen molar-refractivity contribution in [3.8, 4) is 34.5 Å². The zero-order valence-electron chi connectivity index (χ0n) is 38.6. The van der Waals surface area contributed by atoms with Gasteiger partial charge in [-0.2, -0.15) is 0 Å². The van der Waals surface area contributed by atoms with Crippen molar-refractivity contribution >= 4 is 59.5 Å². The Bertz CT molecular complexity index is 2480. The predicted molar refractivity (Wildman–Crippen MR) is 240 cm³/mol. The smallest absolute Gasteiger partial charge is 0.325 e. The third-order valence-corrected chi connectivity index (χ3v) is 9.12. The maximum atomic E-state index is 14.5. The molecule has 364 valence electrons. The van der Waals surface area contributed by atoms with Crippen LogP contribution in [0.3, 0.4) is 0 Å². The number of ether oxygens (including phenoxy) is 7. The van der Waals surface area contributed by atoms with Gasteiger partial charge in [0.2, 0.25) is 0 Å². The monoisotopic (exact) mass is 954 g/mol. The fraction of sp³-hybridized carbons (Fsp3) is 0.292. The fourth-order valence-corrected chi connectivity index (χ4v) is 6.33. The Kier molecular flexibility index (Phi) is 20.1. The van der Waals surface area contributed by atoms with Crippen molar-refractivity contribution in [3.05, 3.63) is 107 Å². The van der Waals surface area contributed by atoms with Crippen LogP contribution in [0.5, 0.6) is 34.5 Å². The molecule has 0 aliphatic rings. The van der Waals surface area contributed by atoms with E-state index >= 15 is 0 Å². The summed E-state index contributed by atoms with van der Waals surface area (Å²) in [5.74, 6) is -9.39. The molecule has 0 heterocycles. The molecule has 21 heteroatoms. The van der Waals surface area contributed by atoms with Crippen molar-refractivity contribution in [3.63, 3.8) is 0 Å². The number of rotatable bonds is 22. The lowest BCUT2D eigenvalue weighted by Crippen LogP contribution is -2.45. The van der Waals surface area contributed by atoms with E-state index in [-0.39, 0.29) is 97.1 Å². The van der Waals surface area contributed by atoms with E-state index in [1.165, 1.54) is 54.6 Å². The van der Waals surface area contributed by atoms with Gasteiger partial charge in [0.05, 0.1) is 16.7 Å². The van der Waals surface area contributed by atoms with E-state index < -0.39 is 66.1 Å². The summed E-state index contributed by atoms with van der Waals surface area (Å²) in [5, 5.41) is 5.42. The molecule has 3 amide bonds. The quantitative estimate of drug-likeness (QED) is 0.0842. The lowest BCUT2D eigenvalue weighted by Gasteiger charge is -2.28. The Morgan fingerprint density at radius 1 is 0.435 bits per heavy atom. The van der Waals surface area contributed by atoms with Crippen LogP contribution in [-0.2, 0) is 44.9 Å². The van der Waals surface area contributed by atoms with Crippen LogP contribution in [0.2, 0.25) is 0 Å². The molecule has 21 nitrogen and oxygen atoms in total. The molecule has 0 unspecified atom stereocenters. The Labute approximate surface area is 395 Å². The van der Waals surface area contributed by atoms with Crippen LogP contribution in [0.1, 0.15) is 78.2 Å². The van der Waals surface area contributed by atoms with E-state index in [2.05, 4.69) is 10.6 Å². The van der Waals surface area contributed by atoms with Crippen LogP contribution in [0, 0.1) is 0 Å². The minimum Gasteiger partial charge on any atom is -0.459 e. The van der Waals surface area contributed by atoms with Crippen molar-refractivity contribution in [1.29, 1.82) is 0 Å². The molecule has 69 heavy (non-hydrogen) atoms. The number of nitrogens with one attached hydrogen (secondary N) is 2. The largest absolute Gasteiger partial charge is 0.459 e. The SMILES string of the molecule is CC(=O)Oc1cccc(C(=O)NCCN(CCNC(=O)c2cccc(OC(C)=O)c2OC(C)=O)CCN(CC(=O)OCc2ccccc2)C(=O)c2cccc(OC(C)=O)c2OC(C)=O)c1OC(C)=O. The molecule has 0 bridgehead atoms. The minimum absolute atomic E-state index is 0.00982. The summed E-state index contributed by atoms with van der Waals surface area (Å²) in [7, 11) is 0. The van der Waals surface area contributed by atoms with Crippen LogP contribution in [0.25, 0.3) is 0 Å². The molecular weight excluding hydrogens is 905 g/mol. The van der Waals surface area contributed by atoms with Gasteiger partial charge in [-0.15, -0.1) is 0 Å². The predicted octanol–water partition coefficient (Wildman–Crippen LogP) is 3.59. The Morgan fingerprint density at radius 3 is 1.23 bits per heavy atom. The summed E-state index contributed by atoms with van der Waals surface area (Å²) < 4.78 is 36.8. The molecule has 4 rings (SSSR count). The van der Waals surface area contributed by atoms with E-state index in [0.717, 1.165) is 46.4 Å². The summed E-state index contributed by atoms with van der Waals surface area (Å²) in [6.45, 7) is 5.39. The van der Waals surface area contributed by atoms with Crippen LogP contribution >= 0.6 is 0 Å². The van der Waals surface area contributed by atoms with Crippen molar-refractivity contribution in [2.45, 2.75) is 48.1 Å². The van der Waals surface area contributed by atoms with Gasteiger partial charge in [-0.1, -0.05) is 48.5 Å². The molecule has 0 atom stereocenters. The van der Waals surface area contributed by atoms with Crippen LogP contribution in [-0.4, -0.2) is 115 Å². The van der Waals surface area contributed by atoms with Gasteiger partial charge < -0.3 is 48.7 Å². The van der Waals surface area contributed by atoms with Gasteiger partial charge in [-0.25, -0.2) is 0 Å². The maximum Gasteiger partial charge on any atom is 0.325 e. The molecule has 0 aromatic heterocycles. The Balaban J connectivity index is 1.66. The minimum atomic E-state index is -0.844. The van der Waals surface area contributed by atoms with Crippen molar-refractivity contribution < 1.29 is 81.1 Å².